The highest BCUT2D eigenvalue weighted by molar-refractivity contribution is 7.19. The van der Waals surface area contributed by atoms with Gasteiger partial charge in [0.2, 0.25) is 0 Å². The number of rotatable bonds is 4. The van der Waals surface area contributed by atoms with E-state index in [1.807, 2.05) is 75.4 Å². The van der Waals surface area contributed by atoms with Gasteiger partial charge in [0.1, 0.15) is 16.4 Å². The Morgan fingerprint density at radius 3 is 2.48 bits per heavy atom. The van der Waals surface area contributed by atoms with Crippen LogP contribution in [0.2, 0.25) is 0 Å². The topological polar surface area (TPSA) is 62.7 Å². The molecule has 3 rings (SSSR count). The molecule has 0 saturated heterocycles. The number of ether oxygens (including phenoxy) is 1. The minimum Gasteiger partial charge on any atom is -0.508 e. The second-order valence-electron chi connectivity index (χ2n) is 7.55. The van der Waals surface area contributed by atoms with E-state index in [1.54, 1.807) is 19.2 Å². The van der Waals surface area contributed by atoms with E-state index in [9.17, 15) is 9.90 Å². The molecule has 0 spiro atoms. The molecular weight excluding hydrogens is 384 g/mol. The fourth-order valence-corrected chi connectivity index (χ4v) is 3.47. The van der Waals surface area contributed by atoms with Gasteiger partial charge in [-0.2, -0.15) is 0 Å². The molecule has 0 unspecified atom stereocenters. The quantitative estimate of drug-likeness (QED) is 0.530. The Morgan fingerprint density at radius 2 is 1.79 bits per heavy atom. The van der Waals surface area contributed by atoms with Crippen molar-refractivity contribution in [1.82, 2.24) is 4.98 Å². The van der Waals surface area contributed by atoms with Gasteiger partial charge in [-0.05, 0) is 62.7 Å². The van der Waals surface area contributed by atoms with E-state index in [1.165, 1.54) is 16.2 Å². The summed E-state index contributed by atoms with van der Waals surface area (Å²) >= 11 is 1.53. The SMILES string of the molecule is CN(C(=O)OC(C)(C)C)c1ccc(C=CC=Cc2nc3ccc(O)cc3s2)cc1. The number of carbonyl (C=O) groups excluding carboxylic acids is 1. The van der Waals surface area contributed by atoms with Gasteiger partial charge in [0.15, 0.2) is 0 Å². The number of anilines is 1. The van der Waals surface area contributed by atoms with Gasteiger partial charge in [-0.15, -0.1) is 11.3 Å². The van der Waals surface area contributed by atoms with E-state index in [-0.39, 0.29) is 11.8 Å². The molecule has 1 N–H and O–H groups in total. The van der Waals surface area contributed by atoms with Crippen LogP contribution in [0, 0.1) is 0 Å². The summed E-state index contributed by atoms with van der Waals surface area (Å²) in [7, 11) is 1.69. The van der Waals surface area contributed by atoms with Gasteiger partial charge in [0, 0.05) is 12.7 Å². The van der Waals surface area contributed by atoms with E-state index < -0.39 is 5.60 Å². The molecule has 2 aromatic carbocycles. The van der Waals surface area contributed by atoms with E-state index in [0.29, 0.717) is 0 Å². The van der Waals surface area contributed by atoms with E-state index in [0.717, 1.165) is 26.5 Å². The number of nitrogens with zero attached hydrogens (tertiary/aromatic N) is 2. The maximum Gasteiger partial charge on any atom is 0.414 e. The summed E-state index contributed by atoms with van der Waals surface area (Å²) in [6.45, 7) is 5.54. The highest BCUT2D eigenvalue weighted by Gasteiger charge is 2.20. The molecule has 29 heavy (non-hydrogen) atoms. The zero-order valence-electron chi connectivity index (χ0n) is 16.9. The number of aromatic hydroxyl groups is 1. The van der Waals surface area contributed by atoms with Crippen molar-refractivity contribution in [3.8, 4) is 5.75 Å². The number of amides is 1. The van der Waals surface area contributed by atoms with Crippen molar-refractivity contribution in [1.29, 1.82) is 0 Å². The summed E-state index contributed by atoms with van der Waals surface area (Å²) in [5.74, 6) is 0.248. The number of phenols is 1. The van der Waals surface area contributed by atoms with Gasteiger partial charge in [-0.1, -0.05) is 30.4 Å². The number of hydrogen-bond donors (Lipinski definition) is 1. The maximum atomic E-state index is 12.1. The smallest absolute Gasteiger partial charge is 0.414 e. The van der Waals surface area contributed by atoms with Crippen LogP contribution in [-0.2, 0) is 4.74 Å². The molecule has 6 heteroatoms. The van der Waals surface area contributed by atoms with Crippen molar-refractivity contribution in [2.24, 2.45) is 0 Å². The Labute approximate surface area is 174 Å². The van der Waals surface area contributed by atoms with Crippen molar-refractivity contribution in [3.05, 3.63) is 65.2 Å². The summed E-state index contributed by atoms with van der Waals surface area (Å²) in [5, 5.41) is 10.4. The van der Waals surface area contributed by atoms with Crippen LogP contribution in [0.5, 0.6) is 5.75 Å². The van der Waals surface area contributed by atoms with Crippen LogP contribution < -0.4 is 4.90 Å². The first-order valence-corrected chi connectivity index (χ1v) is 10.0. The van der Waals surface area contributed by atoms with Crippen molar-refractivity contribution < 1.29 is 14.6 Å². The van der Waals surface area contributed by atoms with Gasteiger partial charge >= 0.3 is 6.09 Å². The molecule has 3 aromatic rings. The summed E-state index contributed by atoms with van der Waals surface area (Å²) < 4.78 is 6.34. The van der Waals surface area contributed by atoms with Crippen LogP contribution in [0.4, 0.5) is 10.5 Å². The normalized spacial score (nSPS) is 12.1. The first-order valence-electron chi connectivity index (χ1n) is 9.22. The zero-order valence-corrected chi connectivity index (χ0v) is 17.7. The lowest BCUT2D eigenvalue weighted by Crippen LogP contribution is -2.34. The number of thiazole rings is 1. The minimum atomic E-state index is -0.524. The highest BCUT2D eigenvalue weighted by atomic mass is 32.1. The zero-order chi connectivity index (χ0) is 21.0. The Bertz CT molecular complexity index is 1060. The Kier molecular flexibility index (Phi) is 6.03. The molecule has 0 aliphatic carbocycles. The fraction of sp³-hybridized carbons (Fsp3) is 0.217. The third kappa shape index (κ3) is 5.68. The average Bonchev–Trinajstić information content (AvgIpc) is 3.05. The molecule has 150 valence electrons. The van der Waals surface area contributed by atoms with Crippen LogP contribution in [-0.4, -0.2) is 28.8 Å². The third-order valence-electron chi connectivity index (χ3n) is 3.97. The monoisotopic (exact) mass is 408 g/mol. The lowest BCUT2D eigenvalue weighted by atomic mass is 10.2. The van der Waals surface area contributed by atoms with Gasteiger partial charge in [-0.25, -0.2) is 9.78 Å². The lowest BCUT2D eigenvalue weighted by molar-refractivity contribution is 0.0589. The molecule has 0 aliphatic rings. The predicted octanol–water partition coefficient (Wildman–Crippen LogP) is 6.10. The van der Waals surface area contributed by atoms with Crippen LogP contribution in [0.25, 0.3) is 22.4 Å². The molecule has 0 aliphatic heterocycles. The standard InChI is InChI=1S/C23H24N2O3S/c1-23(2,3)28-22(27)25(4)17-11-9-16(10-12-17)7-5-6-8-21-24-19-14-13-18(26)15-20(19)29-21/h5-15,26H,1-4H3. The maximum absolute atomic E-state index is 12.1. The largest absolute Gasteiger partial charge is 0.508 e. The fourth-order valence-electron chi connectivity index (χ4n) is 2.55. The van der Waals surface area contributed by atoms with Crippen LogP contribution in [0.3, 0.4) is 0 Å². The van der Waals surface area contributed by atoms with Crippen molar-refractivity contribution in [2.45, 2.75) is 26.4 Å². The van der Waals surface area contributed by atoms with Crippen molar-refractivity contribution in [2.75, 3.05) is 11.9 Å². The number of aromatic nitrogens is 1. The number of benzene rings is 2. The average molecular weight is 409 g/mol. The molecule has 0 atom stereocenters. The second kappa shape index (κ2) is 8.49. The van der Waals surface area contributed by atoms with E-state index >= 15 is 0 Å². The van der Waals surface area contributed by atoms with Crippen molar-refractivity contribution in [3.63, 3.8) is 0 Å². The summed E-state index contributed by atoms with van der Waals surface area (Å²) in [6.07, 6.45) is 7.40. The predicted molar refractivity (Wildman–Crippen MR) is 120 cm³/mol. The van der Waals surface area contributed by atoms with Crippen LogP contribution >= 0.6 is 11.3 Å². The molecule has 1 heterocycles. The van der Waals surface area contributed by atoms with Gasteiger partial charge in [-0.3, -0.25) is 4.90 Å². The Morgan fingerprint density at radius 1 is 1.10 bits per heavy atom. The Balaban J connectivity index is 1.62. The third-order valence-corrected chi connectivity index (χ3v) is 4.96. The summed E-state index contributed by atoms with van der Waals surface area (Å²) in [4.78, 5) is 18.1. The van der Waals surface area contributed by atoms with Gasteiger partial charge < -0.3 is 9.84 Å². The number of allylic oxidation sites excluding steroid dienone is 2. The molecule has 0 fully saturated rings. The number of phenolic OH excluding ortho intramolecular Hbond substituents is 1. The molecule has 0 saturated carbocycles. The molecular formula is C23H24N2O3S. The Hall–Kier alpha value is -3.12. The molecule has 0 radical (unpaired) electrons. The first-order chi connectivity index (χ1) is 13.7. The van der Waals surface area contributed by atoms with E-state index in [4.69, 9.17) is 4.74 Å². The first kappa shape index (κ1) is 20.6. The molecule has 0 bridgehead atoms. The van der Waals surface area contributed by atoms with E-state index in [2.05, 4.69) is 4.98 Å². The van der Waals surface area contributed by atoms with Gasteiger partial charge in [0.05, 0.1) is 10.2 Å². The lowest BCUT2D eigenvalue weighted by Gasteiger charge is -2.24. The second-order valence-corrected chi connectivity index (χ2v) is 8.62. The van der Waals surface area contributed by atoms with Gasteiger partial charge in [0.25, 0.3) is 0 Å². The number of carbonyl (C=O) groups is 1. The minimum absolute atomic E-state index is 0.248. The summed E-state index contributed by atoms with van der Waals surface area (Å²) in [6, 6.07) is 12.8. The number of hydrogen-bond acceptors (Lipinski definition) is 5. The van der Waals surface area contributed by atoms with Crippen LogP contribution in [0.1, 0.15) is 31.3 Å². The van der Waals surface area contributed by atoms with Crippen LogP contribution in [0.15, 0.2) is 54.6 Å². The molecule has 1 aromatic heterocycles. The molecule has 5 nitrogen and oxygen atoms in total. The number of fused-ring (bicyclic) bond motifs is 1. The molecule has 1 amide bonds. The highest BCUT2D eigenvalue weighted by Crippen LogP contribution is 2.26. The summed E-state index contributed by atoms with van der Waals surface area (Å²) in [5.41, 5.74) is 2.14. The van der Waals surface area contributed by atoms with Crippen molar-refractivity contribution >= 4 is 45.5 Å².